The van der Waals surface area contributed by atoms with Crippen LogP contribution in [0.4, 0.5) is 0 Å². The van der Waals surface area contributed by atoms with E-state index >= 15 is 0 Å². The van der Waals surface area contributed by atoms with Gasteiger partial charge in [0.05, 0.1) is 24.3 Å². The van der Waals surface area contributed by atoms with Gasteiger partial charge in [0.25, 0.3) is 0 Å². The van der Waals surface area contributed by atoms with Gasteiger partial charge in [-0.25, -0.2) is 4.79 Å². The van der Waals surface area contributed by atoms with E-state index in [9.17, 15) is 9.90 Å². The molecule has 0 saturated heterocycles. The summed E-state index contributed by atoms with van der Waals surface area (Å²) < 4.78 is 5.03. The quantitative estimate of drug-likeness (QED) is 0.932. The molecule has 0 heterocycles. The first kappa shape index (κ1) is 14.0. The molecule has 0 aliphatic heterocycles. The Morgan fingerprint density at radius 2 is 1.95 bits per heavy atom. The molecule has 0 unspecified atom stereocenters. The van der Waals surface area contributed by atoms with Crippen LogP contribution in [0.2, 0.25) is 0 Å². The summed E-state index contributed by atoms with van der Waals surface area (Å²) in [4.78, 5) is 12.8. The monoisotopic (exact) mass is 285 g/mol. The number of carboxylic acid groups (broad SMARTS) is 1. The van der Waals surface area contributed by atoms with Gasteiger partial charge in [-0.3, -0.25) is 0 Å². The zero-order valence-corrected chi connectivity index (χ0v) is 11.5. The van der Waals surface area contributed by atoms with Crippen molar-refractivity contribution in [3.63, 3.8) is 0 Å². The molecule has 1 N–H and O–H groups in total. The lowest BCUT2D eigenvalue weighted by atomic mass is 10.2. The van der Waals surface area contributed by atoms with Crippen molar-refractivity contribution < 1.29 is 14.6 Å². The van der Waals surface area contributed by atoms with Gasteiger partial charge in [0, 0.05) is 9.79 Å². The molecule has 0 aliphatic carbocycles. The molecule has 0 bridgehead atoms. The third-order valence-corrected chi connectivity index (χ3v) is 3.71. The second-order valence-electron chi connectivity index (χ2n) is 3.91. The van der Waals surface area contributed by atoms with Crippen LogP contribution >= 0.6 is 11.8 Å². The van der Waals surface area contributed by atoms with Gasteiger partial charge in [0.2, 0.25) is 0 Å². The maximum atomic E-state index is 11.3. The van der Waals surface area contributed by atoms with Crippen molar-refractivity contribution in [2.75, 3.05) is 7.11 Å². The average molecular weight is 285 g/mol. The number of nitriles is 1. The Hall–Kier alpha value is -2.45. The smallest absolute Gasteiger partial charge is 0.336 e. The van der Waals surface area contributed by atoms with Crippen LogP contribution < -0.4 is 4.74 Å². The van der Waals surface area contributed by atoms with Crippen LogP contribution in [0.1, 0.15) is 15.9 Å². The molecule has 0 aliphatic rings. The molecule has 0 aromatic heterocycles. The highest BCUT2D eigenvalue weighted by Gasteiger charge is 2.12. The second kappa shape index (κ2) is 6.13. The molecule has 2 aromatic carbocycles. The summed E-state index contributed by atoms with van der Waals surface area (Å²) in [5.74, 6) is -0.494. The average Bonchev–Trinajstić information content (AvgIpc) is 2.48. The van der Waals surface area contributed by atoms with Crippen LogP contribution in [-0.2, 0) is 0 Å². The SMILES string of the molecule is COc1ccc(Sc2ccc(C#N)cc2)c(C(=O)O)c1. The number of carboxylic acids is 1. The number of ether oxygens (including phenoxy) is 1. The van der Waals surface area contributed by atoms with Gasteiger partial charge >= 0.3 is 5.97 Å². The van der Waals surface area contributed by atoms with E-state index < -0.39 is 5.97 Å². The second-order valence-corrected chi connectivity index (χ2v) is 5.02. The van der Waals surface area contributed by atoms with E-state index in [0.29, 0.717) is 16.2 Å². The normalized spacial score (nSPS) is 9.80. The van der Waals surface area contributed by atoms with E-state index in [1.807, 2.05) is 6.07 Å². The van der Waals surface area contributed by atoms with E-state index in [1.54, 1.807) is 36.4 Å². The van der Waals surface area contributed by atoms with Gasteiger partial charge in [0.1, 0.15) is 5.75 Å². The van der Waals surface area contributed by atoms with Crippen molar-refractivity contribution in [2.45, 2.75) is 9.79 Å². The number of rotatable bonds is 4. The molecule has 0 fully saturated rings. The van der Waals surface area contributed by atoms with Crippen molar-refractivity contribution in [2.24, 2.45) is 0 Å². The highest BCUT2D eigenvalue weighted by atomic mass is 32.2. The molecule has 0 saturated carbocycles. The highest BCUT2D eigenvalue weighted by molar-refractivity contribution is 7.99. The third kappa shape index (κ3) is 3.11. The van der Waals surface area contributed by atoms with Gasteiger partial charge in [-0.2, -0.15) is 5.26 Å². The van der Waals surface area contributed by atoms with Crippen molar-refractivity contribution in [1.82, 2.24) is 0 Å². The Morgan fingerprint density at radius 3 is 2.50 bits per heavy atom. The van der Waals surface area contributed by atoms with Crippen LogP contribution in [-0.4, -0.2) is 18.2 Å². The predicted octanol–water partition coefficient (Wildman–Crippen LogP) is 3.42. The summed E-state index contributed by atoms with van der Waals surface area (Å²) in [6.07, 6.45) is 0. The first-order valence-electron chi connectivity index (χ1n) is 5.73. The van der Waals surface area contributed by atoms with Gasteiger partial charge < -0.3 is 9.84 Å². The molecule has 4 nitrogen and oxygen atoms in total. The standard InChI is InChI=1S/C15H11NO3S/c1-19-11-4-7-14(13(8-11)15(17)18)20-12-5-2-10(9-16)3-6-12/h2-8H,1H3,(H,17,18). The number of benzene rings is 2. The van der Waals surface area contributed by atoms with Crippen LogP contribution in [0.5, 0.6) is 5.75 Å². The minimum absolute atomic E-state index is 0.193. The van der Waals surface area contributed by atoms with E-state index in [0.717, 1.165) is 4.90 Å². The van der Waals surface area contributed by atoms with Gasteiger partial charge in [-0.05, 0) is 42.5 Å². The summed E-state index contributed by atoms with van der Waals surface area (Å²) in [5.41, 5.74) is 0.765. The summed E-state index contributed by atoms with van der Waals surface area (Å²) in [6.45, 7) is 0. The maximum absolute atomic E-state index is 11.3. The van der Waals surface area contributed by atoms with Crippen LogP contribution in [0.25, 0.3) is 0 Å². The first-order valence-corrected chi connectivity index (χ1v) is 6.55. The topological polar surface area (TPSA) is 70.3 Å². The zero-order valence-electron chi connectivity index (χ0n) is 10.7. The first-order chi connectivity index (χ1) is 9.63. The number of methoxy groups -OCH3 is 1. The van der Waals surface area contributed by atoms with Gasteiger partial charge in [-0.1, -0.05) is 11.8 Å². The lowest BCUT2D eigenvalue weighted by Gasteiger charge is -2.08. The van der Waals surface area contributed by atoms with E-state index in [4.69, 9.17) is 10.00 Å². The van der Waals surface area contributed by atoms with Gasteiger partial charge in [-0.15, -0.1) is 0 Å². The lowest BCUT2D eigenvalue weighted by molar-refractivity contribution is 0.0692. The summed E-state index contributed by atoms with van der Waals surface area (Å²) in [7, 11) is 1.49. The van der Waals surface area contributed by atoms with Gasteiger partial charge in [0.15, 0.2) is 0 Å². The molecule has 0 atom stereocenters. The molecular formula is C15H11NO3S. The molecule has 5 heteroatoms. The predicted molar refractivity (Wildman–Crippen MR) is 75.2 cm³/mol. The number of aromatic carboxylic acids is 1. The Kier molecular flexibility index (Phi) is 4.28. The van der Waals surface area contributed by atoms with Crippen molar-refractivity contribution in [1.29, 1.82) is 5.26 Å². The van der Waals surface area contributed by atoms with Crippen molar-refractivity contribution in [3.05, 3.63) is 53.6 Å². The summed E-state index contributed by atoms with van der Waals surface area (Å²) >= 11 is 1.34. The van der Waals surface area contributed by atoms with E-state index in [-0.39, 0.29) is 5.56 Å². The summed E-state index contributed by atoms with van der Waals surface area (Å²) in [5, 5.41) is 18.0. The zero-order chi connectivity index (χ0) is 14.5. The highest BCUT2D eigenvalue weighted by Crippen LogP contribution is 2.32. The largest absolute Gasteiger partial charge is 0.497 e. The molecule has 0 radical (unpaired) electrons. The fourth-order valence-electron chi connectivity index (χ4n) is 1.62. The molecule has 100 valence electrons. The van der Waals surface area contributed by atoms with Crippen LogP contribution in [0.3, 0.4) is 0 Å². The molecule has 2 rings (SSSR count). The minimum atomic E-state index is -1.000. The molecule has 20 heavy (non-hydrogen) atoms. The Labute approximate surface area is 120 Å². The molecular weight excluding hydrogens is 274 g/mol. The molecule has 0 amide bonds. The van der Waals surface area contributed by atoms with E-state index in [1.165, 1.54) is 24.9 Å². The summed E-state index contributed by atoms with van der Waals surface area (Å²) in [6, 6.07) is 14.0. The van der Waals surface area contributed by atoms with Crippen molar-refractivity contribution >= 4 is 17.7 Å². The number of carbonyl (C=O) groups is 1. The molecule has 0 spiro atoms. The molecule has 2 aromatic rings. The number of hydrogen-bond donors (Lipinski definition) is 1. The van der Waals surface area contributed by atoms with Crippen LogP contribution in [0, 0.1) is 11.3 Å². The van der Waals surface area contributed by atoms with E-state index in [2.05, 4.69) is 0 Å². The fourth-order valence-corrected chi connectivity index (χ4v) is 2.54. The van der Waals surface area contributed by atoms with Crippen molar-refractivity contribution in [3.8, 4) is 11.8 Å². The number of nitrogens with zero attached hydrogens (tertiary/aromatic N) is 1. The fraction of sp³-hybridized carbons (Fsp3) is 0.0667. The third-order valence-electron chi connectivity index (χ3n) is 2.63. The lowest BCUT2D eigenvalue weighted by Crippen LogP contribution is -1.99. The number of hydrogen-bond acceptors (Lipinski definition) is 4. The Bertz CT molecular complexity index is 675. The Morgan fingerprint density at radius 1 is 1.25 bits per heavy atom. The minimum Gasteiger partial charge on any atom is -0.497 e. The van der Waals surface area contributed by atoms with Crippen LogP contribution in [0.15, 0.2) is 52.3 Å². The Balaban J connectivity index is 2.32. The maximum Gasteiger partial charge on any atom is 0.336 e.